The third kappa shape index (κ3) is 3.41. The van der Waals surface area contributed by atoms with E-state index in [9.17, 15) is 25.0 Å². The van der Waals surface area contributed by atoms with Crippen LogP contribution in [0.2, 0.25) is 0 Å². The number of hydrogen-bond acceptors (Lipinski definition) is 6. The zero-order chi connectivity index (χ0) is 15.6. The fraction of sp³-hybridized carbons (Fsp3) is 0.308. The van der Waals surface area contributed by atoms with Gasteiger partial charge in [-0.3, -0.25) is 20.2 Å². The summed E-state index contributed by atoms with van der Waals surface area (Å²) in [6.07, 6.45) is 2.88. The van der Waals surface area contributed by atoms with Crippen LogP contribution < -0.4 is 0 Å². The van der Waals surface area contributed by atoms with Crippen molar-refractivity contribution >= 4 is 17.3 Å². The van der Waals surface area contributed by atoms with Crippen LogP contribution >= 0.6 is 0 Å². The van der Waals surface area contributed by atoms with Crippen LogP contribution in [0.15, 0.2) is 30.9 Å². The van der Waals surface area contributed by atoms with E-state index in [2.05, 4.69) is 6.58 Å². The third-order valence-corrected chi connectivity index (χ3v) is 3.15. The number of hydrogen-bond donors (Lipinski definition) is 0. The second-order valence-electron chi connectivity index (χ2n) is 4.72. The molecule has 0 amide bonds. The number of non-ortho nitro benzene ring substituents is 2. The summed E-state index contributed by atoms with van der Waals surface area (Å²) >= 11 is 0. The molecule has 1 aromatic carbocycles. The highest BCUT2D eigenvalue weighted by Crippen LogP contribution is 2.37. The highest BCUT2D eigenvalue weighted by molar-refractivity contribution is 5.91. The van der Waals surface area contributed by atoms with Gasteiger partial charge in [-0.1, -0.05) is 6.08 Å². The number of rotatable bonds is 6. The van der Waals surface area contributed by atoms with Crippen molar-refractivity contribution in [2.24, 2.45) is 5.92 Å². The molecule has 8 heteroatoms. The number of carbonyl (C=O) groups is 1. The van der Waals surface area contributed by atoms with Gasteiger partial charge in [0.15, 0.2) is 0 Å². The summed E-state index contributed by atoms with van der Waals surface area (Å²) in [6.45, 7) is 3.58. The molecule has 21 heavy (non-hydrogen) atoms. The summed E-state index contributed by atoms with van der Waals surface area (Å²) in [5, 5.41) is 21.5. The fourth-order valence-electron chi connectivity index (χ4n) is 1.96. The van der Waals surface area contributed by atoms with E-state index in [1.165, 1.54) is 0 Å². The van der Waals surface area contributed by atoms with E-state index in [0.29, 0.717) is 12.8 Å². The molecule has 1 aliphatic rings. The fourth-order valence-corrected chi connectivity index (χ4v) is 1.96. The predicted molar refractivity (Wildman–Crippen MR) is 71.9 cm³/mol. The van der Waals surface area contributed by atoms with Crippen LogP contribution in [0.1, 0.15) is 23.2 Å². The van der Waals surface area contributed by atoms with E-state index in [0.717, 1.165) is 18.2 Å². The standard InChI is InChI=1S/C13H12N2O6/c1-2-3-8-6-12(8)21-13(16)9-4-10(14(17)18)7-11(5-9)15(19)20/h2,4-5,7-8,12H,1,3,6H2/t8-,12-/m1/s1. The molecule has 0 bridgehead atoms. The van der Waals surface area contributed by atoms with Gasteiger partial charge >= 0.3 is 5.97 Å². The lowest BCUT2D eigenvalue weighted by atomic mass is 10.2. The van der Waals surface area contributed by atoms with Crippen molar-refractivity contribution in [3.63, 3.8) is 0 Å². The summed E-state index contributed by atoms with van der Waals surface area (Å²) in [5.41, 5.74) is -1.23. The average molecular weight is 292 g/mol. The number of carbonyl (C=O) groups excluding carboxylic acids is 1. The summed E-state index contributed by atoms with van der Waals surface area (Å²) in [7, 11) is 0. The topological polar surface area (TPSA) is 113 Å². The molecule has 0 spiro atoms. The monoisotopic (exact) mass is 292 g/mol. The molecule has 0 unspecified atom stereocenters. The molecule has 1 saturated carbocycles. The van der Waals surface area contributed by atoms with Crippen molar-refractivity contribution in [1.29, 1.82) is 0 Å². The van der Waals surface area contributed by atoms with E-state index in [1.807, 2.05) is 0 Å². The smallest absolute Gasteiger partial charge is 0.338 e. The molecule has 1 aromatic rings. The van der Waals surface area contributed by atoms with Gasteiger partial charge in [-0.15, -0.1) is 6.58 Å². The SMILES string of the molecule is C=CC[C@@H]1C[C@H]1OC(=O)c1cc([N+](=O)[O-])cc([N+](=O)[O-])c1. The maximum atomic E-state index is 11.9. The normalized spacial score (nSPS) is 19.6. The Balaban J connectivity index is 2.18. The molecule has 0 radical (unpaired) electrons. The molecule has 8 nitrogen and oxygen atoms in total. The van der Waals surface area contributed by atoms with E-state index in [-0.39, 0.29) is 17.6 Å². The molecule has 110 valence electrons. The van der Waals surface area contributed by atoms with E-state index >= 15 is 0 Å². The Labute approximate surface area is 119 Å². The number of benzene rings is 1. The first kappa shape index (κ1) is 14.6. The van der Waals surface area contributed by atoms with E-state index in [1.54, 1.807) is 6.08 Å². The molecule has 2 rings (SSSR count). The van der Waals surface area contributed by atoms with Gasteiger partial charge in [0.05, 0.1) is 21.5 Å². The molecule has 1 fully saturated rings. The zero-order valence-corrected chi connectivity index (χ0v) is 10.9. The molecule has 0 aromatic heterocycles. The summed E-state index contributed by atoms with van der Waals surface area (Å²) in [4.78, 5) is 31.8. The number of nitro benzene ring substituents is 2. The predicted octanol–water partition coefficient (Wildman–Crippen LogP) is 2.62. The molecular weight excluding hydrogens is 280 g/mol. The molecule has 0 heterocycles. The molecule has 0 N–H and O–H groups in total. The number of allylic oxidation sites excluding steroid dienone is 1. The van der Waals surface area contributed by atoms with Gasteiger partial charge < -0.3 is 4.74 Å². The van der Waals surface area contributed by atoms with Crippen molar-refractivity contribution in [3.05, 3.63) is 56.6 Å². The van der Waals surface area contributed by atoms with Crippen LogP contribution in [-0.4, -0.2) is 21.9 Å². The van der Waals surface area contributed by atoms with E-state index < -0.39 is 27.2 Å². The number of nitro groups is 2. The van der Waals surface area contributed by atoms with Gasteiger partial charge in [0.1, 0.15) is 6.10 Å². The first-order valence-electron chi connectivity index (χ1n) is 6.18. The third-order valence-electron chi connectivity index (χ3n) is 3.15. The number of esters is 1. The van der Waals surface area contributed by atoms with Gasteiger partial charge in [-0.2, -0.15) is 0 Å². The maximum absolute atomic E-state index is 11.9. The largest absolute Gasteiger partial charge is 0.458 e. The number of ether oxygens (including phenoxy) is 1. The minimum Gasteiger partial charge on any atom is -0.458 e. The Morgan fingerprint density at radius 2 is 1.86 bits per heavy atom. The minimum absolute atomic E-state index is 0.194. The van der Waals surface area contributed by atoms with Crippen LogP contribution in [0, 0.1) is 26.1 Å². The van der Waals surface area contributed by atoms with Crippen LogP contribution in [0.25, 0.3) is 0 Å². The lowest BCUT2D eigenvalue weighted by molar-refractivity contribution is -0.394. The Kier molecular flexibility index (Phi) is 3.97. The van der Waals surface area contributed by atoms with Crippen LogP contribution in [0.4, 0.5) is 11.4 Å². The van der Waals surface area contributed by atoms with Crippen molar-refractivity contribution in [3.8, 4) is 0 Å². The molecular formula is C13H12N2O6. The lowest BCUT2D eigenvalue weighted by Gasteiger charge is -2.04. The summed E-state index contributed by atoms with van der Waals surface area (Å²) in [6, 6.07) is 2.74. The highest BCUT2D eigenvalue weighted by Gasteiger charge is 2.40. The number of nitrogens with zero attached hydrogens (tertiary/aromatic N) is 2. The van der Waals surface area contributed by atoms with Gasteiger partial charge in [-0.05, 0) is 12.8 Å². The van der Waals surface area contributed by atoms with Gasteiger partial charge in [0.25, 0.3) is 11.4 Å². The average Bonchev–Trinajstić information content (AvgIpc) is 3.16. The molecule has 0 saturated heterocycles. The van der Waals surface area contributed by atoms with Gasteiger partial charge in [-0.25, -0.2) is 4.79 Å². The first-order chi connectivity index (χ1) is 9.92. The lowest BCUT2D eigenvalue weighted by Crippen LogP contribution is -2.09. The Morgan fingerprint density at radius 3 is 2.33 bits per heavy atom. The van der Waals surface area contributed by atoms with E-state index in [4.69, 9.17) is 4.74 Å². The van der Waals surface area contributed by atoms with Crippen molar-refractivity contribution in [2.45, 2.75) is 18.9 Å². The van der Waals surface area contributed by atoms with Gasteiger partial charge in [0.2, 0.25) is 0 Å². The second kappa shape index (κ2) is 5.70. The molecule has 0 aliphatic heterocycles. The second-order valence-corrected chi connectivity index (χ2v) is 4.72. The Morgan fingerprint density at radius 1 is 1.29 bits per heavy atom. The van der Waals surface area contributed by atoms with Gasteiger partial charge in [0, 0.05) is 18.1 Å². The Bertz CT molecular complexity index is 595. The Hall–Kier alpha value is -2.77. The van der Waals surface area contributed by atoms with Crippen molar-refractivity contribution in [1.82, 2.24) is 0 Å². The summed E-state index contributed by atoms with van der Waals surface area (Å²) < 4.78 is 5.15. The highest BCUT2D eigenvalue weighted by atomic mass is 16.6. The van der Waals surface area contributed by atoms with Crippen molar-refractivity contribution < 1.29 is 19.4 Å². The van der Waals surface area contributed by atoms with Crippen LogP contribution in [-0.2, 0) is 4.74 Å². The molecule has 1 aliphatic carbocycles. The summed E-state index contributed by atoms with van der Waals surface area (Å²) in [5.74, 6) is -0.585. The van der Waals surface area contributed by atoms with Crippen molar-refractivity contribution in [2.75, 3.05) is 0 Å². The van der Waals surface area contributed by atoms with Crippen LogP contribution in [0.5, 0.6) is 0 Å². The minimum atomic E-state index is -0.793. The quantitative estimate of drug-likeness (QED) is 0.344. The van der Waals surface area contributed by atoms with Crippen LogP contribution in [0.3, 0.4) is 0 Å². The zero-order valence-electron chi connectivity index (χ0n) is 10.9. The first-order valence-corrected chi connectivity index (χ1v) is 6.18. The maximum Gasteiger partial charge on any atom is 0.338 e. The molecule has 2 atom stereocenters.